The van der Waals surface area contributed by atoms with Gasteiger partial charge in [0.25, 0.3) is 0 Å². The molecule has 2 aromatic rings. The van der Waals surface area contributed by atoms with Crippen molar-refractivity contribution in [1.82, 2.24) is 4.98 Å². The summed E-state index contributed by atoms with van der Waals surface area (Å²) in [6.07, 6.45) is 1.18. The molecule has 0 aliphatic heterocycles. The number of nitrogens with one attached hydrogen (secondary N) is 1. The van der Waals surface area contributed by atoms with E-state index in [-0.39, 0.29) is 12.2 Å². The fraction of sp³-hybridized carbons (Fsp3) is 0.375. The smallest absolute Gasteiger partial charge is 0.243 e. The predicted octanol–water partition coefficient (Wildman–Crippen LogP) is 1.83. The fourth-order valence-corrected chi connectivity index (χ4v) is 3.66. The minimum atomic E-state index is -3.15. The highest BCUT2D eigenvalue weighted by Crippen LogP contribution is 2.31. The lowest BCUT2D eigenvalue weighted by Gasteiger charge is -2.09. The number of nitrogens with two attached hydrogens (primary N) is 1. The van der Waals surface area contributed by atoms with E-state index in [1.54, 1.807) is 7.11 Å². The molecular weight excluding hydrogens is 362 g/mol. The second kappa shape index (κ2) is 7.94. The third-order valence-corrected chi connectivity index (χ3v) is 5.39. The molecule has 1 aromatic carbocycles. The summed E-state index contributed by atoms with van der Waals surface area (Å²) in [4.78, 5) is 17.5. The summed E-state index contributed by atoms with van der Waals surface area (Å²) in [5, 5.41) is 3.09. The Labute approximate surface area is 151 Å². The minimum Gasteiger partial charge on any atom is -0.497 e. The van der Waals surface area contributed by atoms with E-state index in [0.29, 0.717) is 5.13 Å². The minimum absolute atomic E-state index is 0.0698. The van der Waals surface area contributed by atoms with E-state index in [2.05, 4.69) is 10.3 Å². The molecule has 0 saturated heterocycles. The van der Waals surface area contributed by atoms with Crippen molar-refractivity contribution < 1.29 is 17.9 Å². The number of aromatic nitrogens is 1. The molecule has 0 aliphatic carbocycles. The zero-order valence-corrected chi connectivity index (χ0v) is 15.9. The van der Waals surface area contributed by atoms with E-state index in [4.69, 9.17) is 10.5 Å². The number of anilines is 1. The Balaban J connectivity index is 2.07. The van der Waals surface area contributed by atoms with Crippen LogP contribution in [0.25, 0.3) is 11.3 Å². The zero-order valence-electron chi connectivity index (χ0n) is 14.3. The second-order valence-electron chi connectivity index (χ2n) is 5.67. The van der Waals surface area contributed by atoms with Crippen LogP contribution in [0.15, 0.2) is 24.3 Å². The summed E-state index contributed by atoms with van der Waals surface area (Å²) in [6.45, 7) is 1.91. The number of hydrogen-bond donors (Lipinski definition) is 2. The maximum absolute atomic E-state index is 12.1. The third kappa shape index (κ3) is 5.52. The molecular formula is C16H21N3O4S2. The van der Waals surface area contributed by atoms with Crippen LogP contribution < -0.4 is 15.8 Å². The summed E-state index contributed by atoms with van der Waals surface area (Å²) in [7, 11) is -1.55. The van der Waals surface area contributed by atoms with Crippen LogP contribution in [0.2, 0.25) is 0 Å². The van der Waals surface area contributed by atoms with Gasteiger partial charge in [-0.1, -0.05) is 0 Å². The molecule has 1 heterocycles. The van der Waals surface area contributed by atoms with Gasteiger partial charge in [-0.25, -0.2) is 13.4 Å². The average Bonchev–Trinajstić information content (AvgIpc) is 2.92. The standard InChI is InChI=1S/C16H21N3O4S2/c1-10-14(11-4-6-12(23-2)7-5-11)18-16(24-10)19-15(20)13(17)8-9-25(3,21)22/h4-7,13H,8-9,17H2,1-3H3,(H,18,19,20). The number of amides is 1. The number of rotatable bonds is 7. The Bertz CT molecular complexity index is 845. The molecule has 136 valence electrons. The van der Waals surface area contributed by atoms with Crippen LogP contribution in [0.4, 0.5) is 5.13 Å². The van der Waals surface area contributed by atoms with Crippen molar-refractivity contribution >= 4 is 32.2 Å². The van der Waals surface area contributed by atoms with Gasteiger partial charge in [0.15, 0.2) is 5.13 Å². The number of carbonyl (C=O) groups is 1. The lowest BCUT2D eigenvalue weighted by molar-refractivity contribution is -0.117. The van der Waals surface area contributed by atoms with Crippen molar-refractivity contribution in [2.45, 2.75) is 19.4 Å². The number of hydrogen-bond acceptors (Lipinski definition) is 7. The molecule has 0 fully saturated rings. The third-order valence-electron chi connectivity index (χ3n) is 3.53. The highest BCUT2D eigenvalue weighted by molar-refractivity contribution is 7.90. The molecule has 7 nitrogen and oxygen atoms in total. The number of thiazole rings is 1. The lowest BCUT2D eigenvalue weighted by Crippen LogP contribution is -2.37. The highest BCUT2D eigenvalue weighted by atomic mass is 32.2. The molecule has 1 unspecified atom stereocenters. The number of ether oxygens (including phenoxy) is 1. The van der Waals surface area contributed by atoms with Gasteiger partial charge in [0.1, 0.15) is 15.6 Å². The van der Waals surface area contributed by atoms with Gasteiger partial charge in [0.05, 0.1) is 24.6 Å². The quantitative estimate of drug-likeness (QED) is 0.754. The van der Waals surface area contributed by atoms with E-state index in [9.17, 15) is 13.2 Å². The Morgan fingerprint density at radius 1 is 1.36 bits per heavy atom. The number of nitrogens with zero attached hydrogens (tertiary/aromatic N) is 1. The Morgan fingerprint density at radius 2 is 2.00 bits per heavy atom. The molecule has 0 radical (unpaired) electrons. The van der Waals surface area contributed by atoms with Crippen LogP contribution in [0.5, 0.6) is 5.75 Å². The molecule has 25 heavy (non-hydrogen) atoms. The van der Waals surface area contributed by atoms with Gasteiger partial charge in [-0.15, -0.1) is 11.3 Å². The molecule has 3 N–H and O–H groups in total. The van der Waals surface area contributed by atoms with Gasteiger partial charge >= 0.3 is 0 Å². The maximum atomic E-state index is 12.1. The van der Waals surface area contributed by atoms with Gasteiger partial charge in [-0.05, 0) is 37.6 Å². The first-order valence-electron chi connectivity index (χ1n) is 7.55. The van der Waals surface area contributed by atoms with Crippen LogP contribution in [-0.2, 0) is 14.6 Å². The second-order valence-corrected chi connectivity index (χ2v) is 9.13. The number of sulfone groups is 1. The molecule has 1 atom stereocenters. The van der Waals surface area contributed by atoms with Gasteiger partial charge < -0.3 is 15.8 Å². The first kappa shape index (κ1) is 19.4. The van der Waals surface area contributed by atoms with Crippen LogP contribution in [0.3, 0.4) is 0 Å². The van der Waals surface area contributed by atoms with Crippen molar-refractivity contribution in [3.63, 3.8) is 0 Å². The van der Waals surface area contributed by atoms with Gasteiger partial charge in [-0.2, -0.15) is 0 Å². The number of methoxy groups -OCH3 is 1. The van der Waals surface area contributed by atoms with E-state index < -0.39 is 21.8 Å². The zero-order chi connectivity index (χ0) is 18.6. The van der Waals surface area contributed by atoms with Crippen molar-refractivity contribution in [3.05, 3.63) is 29.1 Å². The first-order chi connectivity index (χ1) is 11.7. The largest absolute Gasteiger partial charge is 0.497 e. The molecule has 1 amide bonds. The van der Waals surface area contributed by atoms with Gasteiger partial charge in [0, 0.05) is 16.7 Å². The van der Waals surface area contributed by atoms with Crippen molar-refractivity contribution in [2.24, 2.45) is 5.73 Å². The van der Waals surface area contributed by atoms with Crippen LogP contribution in [0, 0.1) is 6.92 Å². The molecule has 0 bridgehead atoms. The van der Waals surface area contributed by atoms with E-state index >= 15 is 0 Å². The number of aryl methyl sites for hydroxylation is 1. The van der Waals surface area contributed by atoms with E-state index in [1.807, 2.05) is 31.2 Å². The van der Waals surface area contributed by atoms with Crippen molar-refractivity contribution in [2.75, 3.05) is 24.4 Å². The first-order valence-corrected chi connectivity index (χ1v) is 10.4. The number of carbonyl (C=O) groups excluding carboxylic acids is 1. The van der Waals surface area contributed by atoms with Crippen molar-refractivity contribution in [1.29, 1.82) is 0 Å². The Morgan fingerprint density at radius 3 is 2.56 bits per heavy atom. The predicted molar refractivity (Wildman–Crippen MR) is 99.8 cm³/mol. The average molecular weight is 383 g/mol. The van der Waals surface area contributed by atoms with E-state index in [0.717, 1.165) is 28.1 Å². The van der Waals surface area contributed by atoms with Crippen molar-refractivity contribution in [3.8, 4) is 17.0 Å². The fourth-order valence-electron chi connectivity index (χ4n) is 2.14. The van der Waals surface area contributed by atoms with E-state index in [1.165, 1.54) is 11.3 Å². The Kier molecular flexibility index (Phi) is 6.15. The summed E-state index contributed by atoms with van der Waals surface area (Å²) >= 11 is 1.34. The SMILES string of the molecule is COc1ccc(-c2nc(NC(=O)C(N)CCS(C)(=O)=O)sc2C)cc1. The Hall–Kier alpha value is -1.97. The normalized spacial score (nSPS) is 12.6. The molecule has 0 spiro atoms. The topological polar surface area (TPSA) is 111 Å². The molecule has 0 aliphatic rings. The van der Waals surface area contributed by atoms with Crippen LogP contribution >= 0.6 is 11.3 Å². The highest BCUT2D eigenvalue weighted by Gasteiger charge is 2.18. The summed E-state index contributed by atoms with van der Waals surface area (Å²) < 4.78 is 27.5. The summed E-state index contributed by atoms with van der Waals surface area (Å²) in [5.74, 6) is 0.177. The monoisotopic (exact) mass is 383 g/mol. The van der Waals surface area contributed by atoms with Crippen LogP contribution in [-0.4, -0.2) is 44.5 Å². The molecule has 1 aromatic heterocycles. The van der Waals surface area contributed by atoms with Gasteiger partial charge in [-0.3, -0.25) is 4.79 Å². The molecule has 9 heteroatoms. The lowest BCUT2D eigenvalue weighted by atomic mass is 10.1. The molecule has 2 rings (SSSR count). The summed E-state index contributed by atoms with van der Waals surface area (Å²) in [5.41, 5.74) is 7.43. The molecule has 0 saturated carbocycles. The summed E-state index contributed by atoms with van der Waals surface area (Å²) in [6, 6.07) is 6.57. The number of benzene rings is 1. The van der Waals surface area contributed by atoms with Gasteiger partial charge in [0.2, 0.25) is 5.91 Å². The van der Waals surface area contributed by atoms with Crippen LogP contribution in [0.1, 0.15) is 11.3 Å². The maximum Gasteiger partial charge on any atom is 0.243 e.